The van der Waals surface area contributed by atoms with Gasteiger partial charge in [0.1, 0.15) is 6.54 Å². The first-order chi connectivity index (χ1) is 13.4. The van der Waals surface area contributed by atoms with Crippen LogP contribution < -0.4 is 4.90 Å². The second-order valence-electron chi connectivity index (χ2n) is 7.21. The molecule has 2 aliphatic rings. The number of hydrogen-bond acceptors (Lipinski definition) is 6. The quantitative estimate of drug-likeness (QED) is 0.530. The molecule has 0 saturated carbocycles. The SMILES string of the molecule is CC[C@H](C)OC(=O)CN1C(=O)S/C(=C/c2ccc(N3CCCC3)cc2C)C1=O. The fourth-order valence-electron chi connectivity index (χ4n) is 3.25. The van der Waals surface area contributed by atoms with Crippen LogP contribution >= 0.6 is 11.8 Å². The molecular formula is C21H26N2O4S. The maximum absolute atomic E-state index is 12.6. The summed E-state index contributed by atoms with van der Waals surface area (Å²) in [5.74, 6) is -1.01. The molecule has 0 N–H and O–H groups in total. The number of amides is 2. The monoisotopic (exact) mass is 402 g/mol. The van der Waals surface area contributed by atoms with Crippen LogP contribution in [0.15, 0.2) is 23.1 Å². The molecule has 2 saturated heterocycles. The van der Waals surface area contributed by atoms with Crippen LogP contribution in [0.1, 0.15) is 44.2 Å². The summed E-state index contributed by atoms with van der Waals surface area (Å²) in [6.45, 7) is 7.48. The Morgan fingerprint density at radius 2 is 2.00 bits per heavy atom. The van der Waals surface area contributed by atoms with E-state index in [0.717, 1.165) is 40.9 Å². The molecule has 0 aromatic heterocycles. The lowest BCUT2D eigenvalue weighted by Gasteiger charge is -2.18. The van der Waals surface area contributed by atoms with Crippen molar-refractivity contribution in [2.24, 2.45) is 0 Å². The topological polar surface area (TPSA) is 66.9 Å². The maximum atomic E-state index is 12.6. The van der Waals surface area contributed by atoms with E-state index in [4.69, 9.17) is 4.74 Å². The summed E-state index contributed by atoms with van der Waals surface area (Å²) < 4.78 is 5.17. The van der Waals surface area contributed by atoms with Crippen molar-refractivity contribution in [3.8, 4) is 0 Å². The van der Waals surface area contributed by atoms with Crippen LogP contribution in [0.3, 0.4) is 0 Å². The van der Waals surface area contributed by atoms with E-state index in [0.29, 0.717) is 11.3 Å². The summed E-state index contributed by atoms with van der Waals surface area (Å²) >= 11 is 0.862. The van der Waals surface area contributed by atoms with E-state index in [1.165, 1.54) is 18.5 Å². The Morgan fingerprint density at radius 3 is 2.64 bits per heavy atom. The van der Waals surface area contributed by atoms with Crippen molar-refractivity contribution in [2.45, 2.75) is 46.1 Å². The van der Waals surface area contributed by atoms with Crippen LogP contribution in [0.25, 0.3) is 6.08 Å². The largest absolute Gasteiger partial charge is 0.461 e. The van der Waals surface area contributed by atoms with Gasteiger partial charge in [-0.05, 0) is 74.2 Å². The van der Waals surface area contributed by atoms with Gasteiger partial charge in [0.25, 0.3) is 11.1 Å². The zero-order valence-corrected chi connectivity index (χ0v) is 17.4. The fraction of sp³-hybridized carbons (Fsp3) is 0.476. The average molecular weight is 403 g/mol. The number of anilines is 1. The van der Waals surface area contributed by atoms with E-state index in [-0.39, 0.29) is 12.6 Å². The van der Waals surface area contributed by atoms with Gasteiger partial charge < -0.3 is 9.64 Å². The van der Waals surface area contributed by atoms with Gasteiger partial charge in [-0.25, -0.2) is 0 Å². The van der Waals surface area contributed by atoms with Crippen molar-refractivity contribution in [1.82, 2.24) is 4.90 Å². The maximum Gasteiger partial charge on any atom is 0.326 e. The summed E-state index contributed by atoms with van der Waals surface area (Å²) in [5, 5.41) is -0.441. The molecule has 1 atom stereocenters. The summed E-state index contributed by atoms with van der Waals surface area (Å²) in [6.07, 6.45) is 4.61. The summed E-state index contributed by atoms with van der Waals surface area (Å²) in [6, 6.07) is 6.15. The number of carbonyl (C=O) groups excluding carboxylic acids is 3. The van der Waals surface area contributed by atoms with Gasteiger partial charge in [0.15, 0.2) is 0 Å². The van der Waals surface area contributed by atoms with Crippen LogP contribution in [0.2, 0.25) is 0 Å². The number of hydrogen-bond donors (Lipinski definition) is 0. The highest BCUT2D eigenvalue weighted by Gasteiger charge is 2.37. The number of aryl methyl sites for hydroxylation is 1. The van der Waals surface area contributed by atoms with Crippen molar-refractivity contribution in [3.63, 3.8) is 0 Å². The highest BCUT2D eigenvalue weighted by atomic mass is 32.2. The molecule has 2 heterocycles. The molecule has 0 spiro atoms. The summed E-state index contributed by atoms with van der Waals surface area (Å²) in [4.78, 5) is 40.4. The van der Waals surface area contributed by atoms with Gasteiger partial charge in [0, 0.05) is 18.8 Å². The van der Waals surface area contributed by atoms with Crippen molar-refractivity contribution in [2.75, 3.05) is 24.5 Å². The second kappa shape index (κ2) is 8.82. The number of nitrogens with zero attached hydrogens (tertiary/aromatic N) is 2. The number of imide groups is 1. The van der Waals surface area contributed by atoms with E-state index in [1.807, 2.05) is 19.9 Å². The first-order valence-electron chi connectivity index (χ1n) is 9.69. The van der Waals surface area contributed by atoms with Crippen LogP contribution in [-0.2, 0) is 14.3 Å². The van der Waals surface area contributed by atoms with Gasteiger partial charge in [0.2, 0.25) is 0 Å². The molecule has 3 rings (SSSR count). The lowest BCUT2D eigenvalue weighted by atomic mass is 10.1. The molecule has 2 amide bonds. The summed E-state index contributed by atoms with van der Waals surface area (Å²) in [7, 11) is 0. The standard InChI is InChI=1S/C21H26N2O4S/c1-4-15(3)27-19(24)13-23-20(25)18(28-21(23)26)12-16-7-8-17(11-14(16)2)22-9-5-6-10-22/h7-8,11-12,15H,4-6,9-10,13H2,1-3H3/b18-12+/t15-/m0/s1. The first kappa shape index (κ1) is 20.5. The van der Waals surface area contributed by atoms with Crippen LogP contribution in [0.5, 0.6) is 0 Å². The Morgan fingerprint density at radius 1 is 1.29 bits per heavy atom. The van der Waals surface area contributed by atoms with E-state index >= 15 is 0 Å². The molecule has 2 fully saturated rings. The number of carbonyl (C=O) groups is 3. The van der Waals surface area contributed by atoms with Crippen LogP contribution in [0.4, 0.5) is 10.5 Å². The van der Waals surface area contributed by atoms with E-state index in [9.17, 15) is 14.4 Å². The predicted molar refractivity (Wildman–Crippen MR) is 111 cm³/mol. The van der Waals surface area contributed by atoms with Gasteiger partial charge >= 0.3 is 5.97 Å². The third kappa shape index (κ3) is 4.58. The average Bonchev–Trinajstić information content (AvgIpc) is 3.28. The van der Waals surface area contributed by atoms with Crippen molar-refractivity contribution in [1.29, 1.82) is 0 Å². The van der Waals surface area contributed by atoms with Gasteiger partial charge in [-0.15, -0.1) is 0 Å². The Labute approximate surface area is 169 Å². The molecule has 0 unspecified atom stereocenters. The fourth-order valence-corrected chi connectivity index (χ4v) is 4.07. The minimum Gasteiger partial charge on any atom is -0.461 e. The molecule has 7 heteroatoms. The molecule has 150 valence electrons. The highest BCUT2D eigenvalue weighted by Crippen LogP contribution is 2.33. The first-order valence-corrected chi connectivity index (χ1v) is 10.5. The minimum atomic E-state index is -0.566. The number of thioether (sulfide) groups is 1. The lowest BCUT2D eigenvalue weighted by Crippen LogP contribution is -2.35. The molecule has 2 aliphatic heterocycles. The van der Waals surface area contributed by atoms with Crippen molar-refractivity contribution in [3.05, 3.63) is 34.2 Å². The zero-order valence-electron chi connectivity index (χ0n) is 16.6. The van der Waals surface area contributed by atoms with Gasteiger partial charge in [0.05, 0.1) is 11.0 Å². The van der Waals surface area contributed by atoms with Crippen molar-refractivity contribution < 1.29 is 19.1 Å². The molecule has 0 bridgehead atoms. The molecule has 1 aromatic rings. The molecule has 28 heavy (non-hydrogen) atoms. The molecule has 0 radical (unpaired) electrons. The Kier molecular flexibility index (Phi) is 6.44. The lowest BCUT2D eigenvalue weighted by molar-refractivity contribution is -0.150. The van der Waals surface area contributed by atoms with E-state index in [2.05, 4.69) is 17.0 Å². The molecule has 1 aromatic carbocycles. The van der Waals surface area contributed by atoms with Gasteiger partial charge in [-0.2, -0.15) is 0 Å². The van der Waals surface area contributed by atoms with Crippen LogP contribution in [0, 0.1) is 6.92 Å². The normalized spacial score (nSPS) is 19.6. The van der Waals surface area contributed by atoms with Gasteiger partial charge in [-0.1, -0.05) is 13.0 Å². The summed E-state index contributed by atoms with van der Waals surface area (Å²) in [5.41, 5.74) is 3.14. The number of rotatable bonds is 6. The molecular weight excluding hydrogens is 376 g/mol. The molecule has 0 aliphatic carbocycles. The van der Waals surface area contributed by atoms with Crippen LogP contribution in [-0.4, -0.2) is 47.8 Å². The number of ether oxygens (including phenoxy) is 1. The third-order valence-corrected chi connectivity index (χ3v) is 5.99. The zero-order chi connectivity index (χ0) is 20.3. The Bertz CT molecular complexity index is 815. The number of esters is 1. The second-order valence-corrected chi connectivity index (χ2v) is 8.20. The van der Waals surface area contributed by atoms with E-state index in [1.54, 1.807) is 13.0 Å². The van der Waals surface area contributed by atoms with Crippen molar-refractivity contribution >= 4 is 40.6 Å². The Balaban J connectivity index is 1.71. The number of benzene rings is 1. The van der Waals surface area contributed by atoms with Gasteiger partial charge in [-0.3, -0.25) is 19.3 Å². The smallest absolute Gasteiger partial charge is 0.326 e. The Hall–Kier alpha value is -2.28. The predicted octanol–water partition coefficient (Wildman–Crippen LogP) is 3.97. The minimum absolute atomic E-state index is 0.236. The third-order valence-electron chi connectivity index (χ3n) is 5.08. The molecule has 6 nitrogen and oxygen atoms in total. The van der Waals surface area contributed by atoms with E-state index < -0.39 is 17.1 Å². The highest BCUT2D eigenvalue weighted by molar-refractivity contribution is 8.18.